The third-order valence-corrected chi connectivity index (χ3v) is 10.3. The summed E-state index contributed by atoms with van der Waals surface area (Å²) in [6.45, 7) is 4.12. The first-order valence-corrected chi connectivity index (χ1v) is 15.2. The van der Waals surface area contributed by atoms with E-state index in [1.807, 2.05) is 55.4 Å². The smallest absolute Gasteiger partial charge is 0.235 e. The highest BCUT2D eigenvalue weighted by molar-refractivity contribution is 6.33. The summed E-state index contributed by atoms with van der Waals surface area (Å²) in [6, 6.07) is 10.6. The molecule has 0 aromatic heterocycles. The number of carbonyl (C=O) groups excluding carboxylic acids is 5. The Balaban J connectivity index is 1.59. The number of nitrogens with one attached hydrogen (secondary N) is 1. The lowest BCUT2D eigenvalue weighted by Gasteiger charge is -2.61. The van der Waals surface area contributed by atoms with Gasteiger partial charge in [0.05, 0.1) is 17.5 Å². The second-order valence-electron chi connectivity index (χ2n) is 13.8. The van der Waals surface area contributed by atoms with E-state index in [9.17, 15) is 34.2 Å². The highest BCUT2D eigenvalue weighted by Gasteiger charge is 2.76. The van der Waals surface area contributed by atoms with Gasteiger partial charge in [-0.25, -0.2) is 0 Å². The van der Waals surface area contributed by atoms with Gasteiger partial charge >= 0.3 is 0 Å². The highest BCUT2D eigenvalue weighted by Crippen LogP contribution is 2.62. The van der Waals surface area contributed by atoms with E-state index in [-0.39, 0.29) is 30.7 Å². The number of rotatable bonds is 8. The number of hydrogen-bond acceptors (Lipinski definition) is 10. The molecule has 45 heavy (non-hydrogen) atoms. The lowest BCUT2D eigenvalue weighted by Crippen LogP contribution is -2.79. The van der Waals surface area contributed by atoms with Crippen LogP contribution in [0.5, 0.6) is 5.75 Å². The fourth-order valence-electron chi connectivity index (χ4n) is 8.46. The number of nitrogens with two attached hydrogens (primary N) is 1. The molecule has 0 radical (unpaired) electrons. The topological polar surface area (TPSA) is 170 Å². The van der Waals surface area contributed by atoms with Crippen molar-refractivity contribution in [1.29, 1.82) is 0 Å². The molecule has 2 aromatic carbocycles. The predicted octanol–water partition coefficient (Wildman–Crippen LogP) is 1.05. The van der Waals surface area contributed by atoms with Gasteiger partial charge in [-0.1, -0.05) is 44.2 Å². The Kier molecular flexibility index (Phi) is 8.04. The Labute approximate surface area is 262 Å². The minimum Gasteiger partial charge on any atom is -0.507 e. The molecule has 3 aliphatic carbocycles. The van der Waals surface area contributed by atoms with Crippen LogP contribution < -0.4 is 16.0 Å². The zero-order valence-corrected chi connectivity index (χ0v) is 26.6. The van der Waals surface area contributed by atoms with Crippen LogP contribution in [0.3, 0.4) is 0 Å². The summed E-state index contributed by atoms with van der Waals surface area (Å²) >= 11 is 0. The number of nitrogens with zero attached hydrogens (tertiary/aromatic N) is 2. The van der Waals surface area contributed by atoms with Crippen LogP contribution in [0.1, 0.15) is 47.3 Å². The molecule has 1 amide bonds. The molecule has 2 saturated carbocycles. The van der Waals surface area contributed by atoms with Gasteiger partial charge < -0.3 is 26.2 Å². The molecule has 5 N–H and O–H groups in total. The van der Waals surface area contributed by atoms with Crippen molar-refractivity contribution in [3.8, 4) is 5.75 Å². The van der Waals surface area contributed by atoms with E-state index in [0.29, 0.717) is 23.4 Å². The summed E-state index contributed by atoms with van der Waals surface area (Å²) in [6.07, 6.45) is 0.871. The molecule has 2 fully saturated rings. The molecule has 0 aliphatic heterocycles. The zero-order chi connectivity index (χ0) is 33.2. The van der Waals surface area contributed by atoms with Gasteiger partial charge in [0, 0.05) is 37.3 Å². The largest absolute Gasteiger partial charge is 0.507 e. The lowest BCUT2D eigenvalue weighted by atomic mass is 9.42. The van der Waals surface area contributed by atoms with Crippen LogP contribution in [0.15, 0.2) is 36.4 Å². The molecule has 3 aliphatic rings. The van der Waals surface area contributed by atoms with Crippen molar-refractivity contribution >= 4 is 34.7 Å². The van der Waals surface area contributed by atoms with Gasteiger partial charge in [-0.15, -0.1) is 0 Å². The van der Waals surface area contributed by atoms with Crippen molar-refractivity contribution in [3.63, 3.8) is 0 Å². The normalized spacial score (nSPS) is 31.0. The third kappa shape index (κ3) is 4.71. The van der Waals surface area contributed by atoms with Crippen molar-refractivity contribution in [2.24, 2.45) is 28.4 Å². The van der Waals surface area contributed by atoms with E-state index < -0.39 is 63.3 Å². The molecule has 240 valence electrons. The lowest BCUT2D eigenvalue weighted by molar-refractivity contribution is -0.203. The molecule has 11 nitrogen and oxygen atoms in total. The summed E-state index contributed by atoms with van der Waals surface area (Å²) in [5, 5.41) is 27.0. The summed E-state index contributed by atoms with van der Waals surface area (Å²) in [7, 11) is 6.80. The number of benzene rings is 2. The van der Waals surface area contributed by atoms with Crippen LogP contribution in [0, 0.1) is 22.7 Å². The van der Waals surface area contributed by atoms with Crippen LogP contribution in [-0.2, 0) is 38.6 Å². The summed E-state index contributed by atoms with van der Waals surface area (Å²) < 4.78 is 0. The Hall–Kier alpha value is -3.93. The molecule has 0 heterocycles. The quantitative estimate of drug-likeness (QED) is 0.248. The van der Waals surface area contributed by atoms with E-state index in [0.717, 1.165) is 12.0 Å². The van der Waals surface area contributed by atoms with E-state index in [4.69, 9.17) is 5.73 Å². The number of ketones is 4. The fourth-order valence-corrected chi connectivity index (χ4v) is 8.46. The second-order valence-corrected chi connectivity index (χ2v) is 13.8. The van der Waals surface area contributed by atoms with Gasteiger partial charge in [-0.2, -0.15) is 0 Å². The maximum absolute atomic E-state index is 14.5. The standard InChI is InChI=1S/C34H42N4O7/c1-32-15-20-21(37(3)4)14-19(16-36-13-12-18-10-8-7-9-11-18)25(39)22(20)26(40)24(32)30(43)34(45)29(42)23(31(35)44)27(41)28(38(5)6)33(34,2)17-32/h7-11,14,23-24,28,36,39,45H,12-13,15-17H2,1-6H3,(H2,35,44)/t23?,24?,28-,32+,33+,34-/m1/s1. The number of likely N-dealkylation sites (N-methyl/N-ethyl adjacent to an activating group) is 1. The van der Waals surface area contributed by atoms with Gasteiger partial charge in [-0.05, 0) is 62.5 Å². The van der Waals surface area contributed by atoms with Crippen LogP contribution >= 0.6 is 0 Å². The number of fused-ring (bicyclic) bond motifs is 3. The predicted molar refractivity (Wildman–Crippen MR) is 167 cm³/mol. The summed E-state index contributed by atoms with van der Waals surface area (Å²) in [5.74, 6) is -8.88. The first-order valence-electron chi connectivity index (χ1n) is 15.2. The van der Waals surface area contributed by atoms with Crippen molar-refractivity contribution in [1.82, 2.24) is 10.2 Å². The second kappa shape index (κ2) is 11.1. The summed E-state index contributed by atoms with van der Waals surface area (Å²) in [5.41, 5.74) is 2.70. The number of phenolic OH excluding ortho intramolecular Hbond substituents is 1. The minimum absolute atomic E-state index is 0.0148. The Morgan fingerprint density at radius 1 is 1.04 bits per heavy atom. The van der Waals surface area contributed by atoms with E-state index in [1.54, 1.807) is 21.0 Å². The number of amides is 1. The molecule has 0 spiro atoms. The first-order chi connectivity index (χ1) is 21.0. The number of hydrogen-bond donors (Lipinski definition) is 4. The van der Waals surface area contributed by atoms with Crippen molar-refractivity contribution in [3.05, 3.63) is 58.7 Å². The van der Waals surface area contributed by atoms with Crippen molar-refractivity contribution in [2.75, 3.05) is 39.6 Å². The molecular weight excluding hydrogens is 576 g/mol. The maximum atomic E-state index is 14.5. The average molecular weight is 619 g/mol. The molecule has 11 heteroatoms. The fraction of sp³-hybridized carbons (Fsp3) is 0.500. The van der Waals surface area contributed by atoms with E-state index in [1.165, 1.54) is 11.8 Å². The van der Waals surface area contributed by atoms with Gasteiger partial charge in [0.2, 0.25) is 5.91 Å². The molecule has 2 unspecified atom stereocenters. The van der Waals surface area contributed by atoms with Crippen LogP contribution in [0.2, 0.25) is 0 Å². The summed E-state index contributed by atoms with van der Waals surface area (Å²) in [4.78, 5) is 71.9. The average Bonchev–Trinajstić information content (AvgIpc) is 2.94. The van der Waals surface area contributed by atoms with Crippen LogP contribution in [-0.4, -0.2) is 90.5 Å². The number of phenols is 1. The number of Topliss-reactive ketones (excluding diaryl/α,β-unsaturated/α-hetero) is 4. The van der Waals surface area contributed by atoms with Gasteiger partial charge in [0.25, 0.3) is 0 Å². The van der Waals surface area contributed by atoms with Crippen LogP contribution in [0.25, 0.3) is 0 Å². The molecule has 6 atom stereocenters. The van der Waals surface area contributed by atoms with Gasteiger partial charge in [0.1, 0.15) is 5.75 Å². The van der Waals surface area contributed by atoms with Crippen LogP contribution in [0.4, 0.5) is 5.69 Å². The third-order valence-electron chi connectivity index (χ3n) is 10.3. The molecule has 0 saturated heterocycles. The Morgan fingerprint density at radius 3 is 2.27 bits per heavy atom. The zero-order valence-electron chi connectivity index (χ0n) is 26.6. The number of primary amides is 1. The van der Waals surface area contributed by atoms with E-state index >= 15 is 0 Å². The van der Waals surface area contributed by atoms with Crippen molar-refractivity contribution < 1.29 is 34.2 Å². The Bertz CT molecular complexity index is 1610. The number of anilines is 1. The van der Waals surface area contributed by atoms with Gasteiger partial charge in [-0.3, -0.25) is 28.9 Å². The monoisotopic (exact) mass is 618 g/mol. The first kappa shape index (κ1) is 32.5. The number of aliphatic hydroxyl groups is 1. The molecule has 0 bridgehead atoms. The molecular formula is C34H42N4O7. The number of aromatic hydroxyl groups is 1. The van der Waals surface area contributed by atoms with Gasteiger partial charge in [0.15, 0.2) is 34.7 Å². The SMILES string of the molecule is CN(C)c1cc(CNCCc2ccccc2)c(O)c2c1C[C@@]1(C)C[C@@]3(C)[C@H](N(C)C)C(=O)C(C(N)=O)C(=O)[C@@]3(O)C(=O)C1C2=O. The van der Waals surface area contributed by atoms with E-state index in [2.05, 4.69) is 5.32 Å². The van der Waals surface area contributed by atoms with Crippen molar-refractivity contribution in [2.45, 2.75) is 51.3 Å². The highest BCUT2D eigenvalue weighted by atomic mass is 16.3. The molecule has 5 rings (SSSR count). The maximum Gasteiger partial charge on any atom is 0.235 e. The Morgan fingerprint density at radius 2 is 1.69 bits per heavy atom. The molecule has 2 aromatic rings. The minimum atomic E-state index is -2.83. The number of carbonyl (C=O) groups is 5.